The monoisotopic (exact) mass is 391 g/mol. The molecule has 1 fully saturated rings. The van der Waals surface area contributed by atoms with Crippen molar-refractivity contribution in [3.63, 3.8) is 0 Å². The summed E-state index contributed by atoms with van der Waals surface area (Å²) < 4.78 is 34.3. The van der Waals surface area contributed by atoms with Gasteiger partial charge < -0.3 is 9.64 Å². The van der Waals surface area contributed by atoms with Crippen LogP contribution in [0.15, 0.2) is 35.5 Å². The number of para-hydroxylation sites is 2. The van der Waals surface area contributed by atoms with E-state index in [2.05, 4.69) is 26.8 Å². The fourth-order valence-electron chi connectivity index (χ4n) is 3.25. The molecule has 6 nitrogen and oxygen atoms in total. The zero-order valence-corrected chi connectivity index (χ0v) is 15.8. The average Bonchev–Trinajstić information content (AvgIpc) is 3.08. The molecular weight excluding hydrogens is 372 g/mol. The normalized spacial score (nSPS) is 17.8. The number of fused-ring (bicyclic) bond motifs is 1. The maximum atomic E-state index is 13.7. The number of morpholine rings is 1. The zero-order chi connectivity index (χ0) is 19.0. The van der Waals surface area contributed by atoms with Gasteiger partial charge in [0.25, 0.3) is 6.43 Å². The van der Waals surface area contributed by atoms with E-state index >= 15 is 0 Å². The number of rotatable bonds is 4. The number of thioether (sulfide) groups is 1. The third kappa shape index (κ3) is 3.37. The Kier molecular flexibility index (Phi) is 4.96. The first kappa shape index (κ1) is 18.1. The number of hydrogen-bond acceptors (Lipinski definition) is 6. The van der Waals surface area contributed by atoms with Crippen molar-refractivity contribution in [2.45, 2.75) is 24.5 Å². The van der Waals surface area contributed by atoms with Gasteiger partial charge in [-0.1, -0.05) is 23.9 Å². The van der Waals surface area contributed by atoms with Gasteiger partial charge in [0.05, 0.1) is 30.3 Å². The fraction of sp³-hybridized carbons (Fsp3) is 0.389. The van der Waals surface area contributed by atoms with E-state index in [0.29, 0.717) is 47.6 Å². The van der Waals surface area contributed by atoms with Crippen LogP contribution in [0.2, 0.25) is 0 Å². The van der Waals surface area contributed by atoms with Crippen LogP contribution in [0.5, 0.6) is 0 Å². The lowest BCUT2D eigenvalue weighted by Crippen LogP contribution is -2.44. The number of ether oxygens (including phenoxy) is 1. The quantitative estimate of drug-likeness (QED) is 0.499. The highest BCUT2D eigenvalue weighted by atomic mass is 32.2. The molecule has 1 atom stereocenters. The summed E-state index contributed by atoms with van der Waals surface area (Å²) in [4.78, 5) is 15.3. The molecule has 1 aromatic carbocycles. The first-order valence-corrected chi connectivity index (χ1v) is 9.84. The van der Waals surface area contributed by atoms with Crippen LogP contribution >= 0.6 is 11.8 Å². The molecule has 4 rings (SSSR count). The average molecular weight is 391 g/mol. The number of nitrogens with zero attached hydrogens (tertiary/aromatic N) is 5. The first-order chi connectivity index (χ1) is 13.1. The van der Waals surface area contributed by atoms with E-state index < -0.39 is 6.43 Å². The van der Waals surface area contributed by atoms with Crippen LogP contribution in [0.25, 0.3) is 16.9 Å². The van der Waals surface area contributed by atoms with E-state index in [9.17, 15) is 8.78 Å². The van der Waals surface area contributed by atoms with Gasteiger partial charge in [0.2, 0.25) is 0 Å². The molecule has 0 unspecified atom stereocenters. The summed E-state index contributed by atoms with van der Waals surface area (Å²) in [7, 11) is 0. The molecule has 0 radical (unpaired) electrons. The van der Waals surface area contributed by atoms with Crippen LogP contribution in [0.3, 0.4) is 0 Å². The number of anilines is 1. The summed E-state index contributed by atoms with van der Waals surface area (Å²) in [5.41, 5.74) is 1.11. The molecule has 1 saturated heterocycles. The summed E-state index contributed by atoms with van der Waals surface area (Å²) >= 11 is 1.38. The SMILES string of the molecule is CSc1nc(N2CCOC[C@@H]2C)cc(-n2c(C(F)F)nc3ccccc32)n1. The standard InChI is InChI=1S/C18H19F2N5OS/c1-11-10-26-8-7-24(11)14-9-15(23-18(22-14)27-2)25-13-6-4-3-5-12(13)21-17(25)16(19)20/h3-6,9,11,16H,7-8,10H2,1-2H3/t11-/m0/s1. The molecule has 0 N–H and O–H groups in total. The van der Waals surface area contributed by atoms with E-state index in [-0.39, 0.29) is 11.9 Å². The molecule has 1 aliphatic rings. The molecule has 1 aliphatic heterocycles. The van der Waals surface area contributed by atoms with Crippen molar-refractivity contribution in [2.24, 2.45) is 0 Å². The van der Waals surface area contributed by atoms with Crippen LogP contribution in [-0.2, 0) is 4.74 Å². The molecular formula is C18H19F2N5OS. The van der Waals surface area contributed by atoms with Crippen molar-refractivity contribution in [1.82, 2.24) is 19.5 Å². The van der Waals surface area contributed by atoms with Gasteiger partial charge in [-0.2, -0.15) is 0 Å². The van der Waals surface area contributed by atoms with Crippen molar-refractivity contribution in [1.29, 1.82) is 0 Å². The summed E-state index contributed by atoms with van der Waals surface area (Å²) in [5.74, 6) is 0.785. The van der Waals surface area contributed by atoms with Gasteiger partial charge in [-0.05, 0) is 25.3 Å². The van der Waals surface area contributed by atoms with Gasteiger partial charge in [-0.3, -0.25) is 4.57 Å². The predicted molar refractivity (Wildman–Crippen MR) is 101 cm³/mol. The third-order valence-electron chi connectivity index (χ3n) is 4.53. The molecule has 0 aliphatic carbocycles. The minimum atomic E-state index is -2.71. The minimum absolute atomic E-state index is 0.144. The van der Waals surface area contributed by atoms with Crippen LogP contribution < -0.4 is 4.90 Å². The Morgan fingerprint density at radius 1 is 1.19 bits per heavy atom. The van der Waals surface area contributed by atoms with Crippen LogP contribution in [0.4, 0.5) is 14.6 Å². The van der Waals surface area contributed by atoms with Crippen molar-refractivity contribution in [3.8, 4) is 5.82 Å². The molecule has 3 aromatic rings. The summed E-state index contributed by atoms with van der Waals surface area (Å²) in [6, 6.07) is 8.97. The Morgan fingerprint density at radius 2 is 1.96 bits per heavy atom. The van der Waals surface area contributed by atoms with Gasteiger partial charge >= 0.3 is 0 Å². The Labute approximate surface area is 159 Å². The van der Waals surface area contributed by atoms with Crippen molar-refractivity contribution < 1.29 is 13.5 Å². The lowest BCUT2D eigenvalue weighted by molar-refractivity contribution is 0.0984. The summed E-state index contributed by atoms with van der Waals surface area (Å²) in [6.07, 6.45) is -0.845. The topological polar surface area (TPSA) is 56.1 Å². The lowest BCUT2D eigenvalue weighted by atomic mass is 10.2. The second-order valence-electron chi connectivity index (χ2n) is 6.28. The third-order valence-corrected chi connectivity index (χ3v) is 5.08. The number of benzene rings is 1. The predicted octanol–water partition coefficient (Wildman–Crippen LogP) is 3.70. The molecule has 0 spiro atoms. The van der Waals surface area contributed by atoms with Gasteiger partial charge in [-0.25, -0.2) is 23.7 Å². The van der Waals surface area contributed by atoms with E-state index in [1.165, 1.54) is 16.3 Å². The number of alkyl halides is 2. The summed E-state index contributed by atoms with van der Waals surface area (Å²) in [5, 5.41) is 0.527. The van der Waals surface area contributed by atoms with E-state index in [1.54, 1.807) is 30.3 Å². The fourth-order valence-corrected chi connectivity index (χ4v) is 3.62. The van der Waals surface area contributed by atoms with Gasteiger partial charge in [0.1, 0.15) is 11.6 Å². The van der Waals surface area contributed by atoms with Crippen LogP contribution in [0.1, 0.15) is 19.2 Å². The maximum Gasteiger partial charge on any atom is 0.296 e. The van der Waals surface area contributed by atoms with Gasteiger partial charge in [-0.15, -0.1) is 0 Å². The highest BCUT2D eigenvalue weighted by molar-refractivity contribution is 7.98. The van der Waals surface area contributed by atoms with E-state index in [4.69, 9.17) is 4.74 Å². The molecule has 142 valence electrons. The zero-order valence-electron chi connectivity index (χ0n) is 15.0. The number of hydrogen-bond donors (Lipinski definition) is 0. The number of aromatic nitrogens is 4. The van der Waals surface area contributed by atoms with E-state index in [1.807, 2.05) is 6.26 Å². The Morgan fingerprint density at radius 3 is 2.70 bits per heavy atom. The first-order valence-electron chi connectivity index (χ1n) is 8.62. The largest absolute Gasteiger partial charge is 0.377 e. The Hall–Kier alpha value is -2.26. The lowest BCUT2D eigenvalue weighted by Gasteiger charge is -2.34. The van der Waals surface area contributed by atoms with Crippen LogP contribution in [0, 0.1) is 0 Å². The van der Waals surface area contributed by atoms with Crippen LogP contribution in [-0.4, -0.2) is 51.6 Å². The minimum Gasteiger partial charge on any atom is -0.377 e. The van der Waals surface area contributed by atoms with Gasteiger partial charge in [0, 0.05) is 12.6 Å². The highest BCUT2D eigenvalue weighted by Gasteiger charge is 2.25. The molecule has 9 heteroatoms. The van der Waals surface area contributed by atoms with Gasteiger partial charge in [0.15, 0.2) is 11.0 Å². The molecule has 3 heterocycles. The molecule has 0 amide bonds. The molecule has 0 bridgehead atoms. The molecule has 0 saturated carbocycles. The van der Waals surface area contributed by atoms with E-state index in [0.717, 1.165) is 0 Å². The van der Waals surface area contributed by atoms with Crippen molar-refractivity contribution in [2.75, 3.05) is 30.9 Å². The molecule has 2 aromatic heterocycles. The second kappa shape index (κ2) is 7.40. The number of halogens is 2. The number of imidazole rings is 1. The Balaban J connectivity index is 1.90. The molecule has 27 heavy (non-hydrogen) atoms. The summed E-state index contributed by atoms with van der Waals surface area (Å²) in [6.45, 7) is 3.95. The maximum absolute atomic E-state index is 13.7. The highest BCUT2D eigenvalue weighted by Crippen LogP contribution is 2.30. The Bertz CT molecular complexity index is 964. The second-order valence-corrected chi connectivity index (χ2v) is 7.06. The smallest absolute Gasteiger partial charge is 0.296 e. The van der Waals surface area contributed by atoms with Crippen molar-refractivity contribution in [3.05, 3.63) is 36.2 Å². The van der Waals surface area contributed by atoms with Crippen molar-refractivity contribution >= 4 is 28.6 Å².